The van der Waals surface area contributed by atoms with Gasteiger partial charge in [-0.05, 0) is 50.5 Å². The number of amides is 1. The van der Waals surface area contributed by atoms with Crippen molar-refractivity contribution in [3.63, 3.8) is 0 Å². The van der Waals surface area contributed by atoms with Crippen molar-refractivity contribution in [2.75, 3.05) is 13.7 Å². The van der Waals surface area contributed by atoms with Gasteiger partial charge >= 0.3 is 6.18 Å². The number of nitrogens with zero attached hydrogens (tertiary/aromatic N) is 2. The van der Waals surface area contributed by atoms with E-state index in [1.807, 2.05) is 0 Å². The molecule has 3 rings (SSSR count). The number of hydrogen-bond acceptors (Lipinski definition) is 5. The second-order valence-electron chi connectivity index (χ2n) is 7.87. The maximum atomic E-state index is 13.4. The van der Waals surface area contributed by atoms with Gasteiger partial charge in [-0.2, -0.15) is 18.3 Å². The van der Waals surface area contributed by atoms with Gasteiger partial charge in [0.1, 0.15) is 12.6 Å². The van der Waals surface area contributed by atoms with Gasteiger partial charge < -0.3 is 10.1 Å². The molecule has 1 fully saturated rings. The highest BCUT2D eigenvalue weighted by atomic mass is 32.2. The molecule has 0 aliphatic carbocycles. The van der Waals surface area contributed by atoms with Gasteiger partial charge in [0.2, 0.25) is 5.91 Å². The number of hydrogen-bond donors (Lipinski definition) is 1. The average molecular weight is 459 g/mol. The smallest absolute Gasteiger partial charge is 0.372 e. The Kier molecular flexibility index (Phi) is 6.21. The van der Waals surface area contributed by atoms with Crippen molar-refractivity contribution in [1.82, 2.24) is 15.1 Å². The fourth-order valence-electron chi connectivity index (χ4n) is 3.64. The Morgan fingerprint density at radius 1 is 1.35 bits per heavy atom. The van der Waals surface area contributed by atoms with Gasteiger partial charge in [0.15, 0.2) is 15.5 Å². The summed E-state index contributed by atoms with van der Waals surface area (Å²) in [5.41, 5.74) is -0.364. The SMILES string of the molecule is CNC(=O)Cn1nc(C(F)(F)F)cc1C1CC(C)(S(=O)(=O)c2cccc(C)c2)CCO1. The summed E-state index contributed by atoms with van der Waals surface area (Å²) in [7, 11) is -2.44. The van der Waals surface area contributed by atoms with Gasteiger partial charge in [-0.25, -0.2) is 8.42 Å². The quantitative estimate of drug-likeness (QED) is 0.742. The number of carbonyl (C=O) groups is 1. The monoisotopic (exact) mass is 459 g/mol. The number of aromatic nitrogens is 2. The summed E-state index contributed by atoms with van der Waals surface area (Å²) in [6.45, 7) is 2.95. The highest BCUT2D eigenvalue weighted by Crippen LogP contribution is 2.43. The Morgan fingerprint density at radius 3 is 2.68 bits per heavy atom. The molecule has 1 aliphatic rings. The van der Waals surface area contributed by atoms with E-state index in [-0.39, 0.29) is 30.0 Å². The fraction of sp³-hybridized carbons (Fsp3) is 0.500. The van der Waals surface area contributed by atoms with Crippen LogP contribution in [-0.4, -0.2) is 42.5 Å². The molecule has 0 saturated carbocycles. The average Bonchev–Trinajstić information content (AvgIpc) is 3.12. The maximum absolute atomic E-state index is 13.4. The molecule has 1 amide bonds. The molecule has 0 bridgehead atoms. The predicted molar refractivity (Wildman–Crippen MR) is 106 cm³/mol. The number of alkyl halides is 3. The predicted octanol–water partition coefficient (Wildman–Crippen LogP) is 3.04. The van der Waals surface area contributed by atoms with Crippen LogP contribution in [0.15, 0.2) is 35.2 Å². The van der Waals surface area contributed by atoms with Crippen LogP contribution in [0.5, 0.6) is 0 Å². The van der Waals surface area contributed by atoms with Crippen molar-refractivity contribution in [3.05, 3.63) is 47.3 Å². The van der Waals surface area contributed by atoms with Gasteiger partial charge in [-0.3, -0.25) is 9.48 Å². The van der Waals surface area contributed by atoms with Gasteiger partial charge in [0.05, 0.1) is 15.3 Å². The van der Waals surface area contributed by atoms with E-state index in [9.17, 15) is 26.4 Å². The first-order valence-electron chi connectivity index (χ1n) is 9.66. The summed E-state index contributed by atoms with van der Waals surface area (Å²) in [6, 6.07) is 7.33. The highest BCUT2D eigenvalue weighted by molar-refractivity contribution is 7.92. The lowest BCUT2D eigenvalue weighted by Gasteiger charge is -2.37. The summed E-state index contributed by atoms with van der Waals surface area (Å²) < 4.78 is 71.9. The summed E-state index contributed by atoms with van der Waals surface area (Å²) in [5, 5.41) is 5.87. The Balaban J connectivity index is 1.99. The van der Waals surface area contributed by atoms with Crippen LogP contribution in [0, 0.1) is 6.92 Å². The zero-order valence-corrected chi connectivity index (χ0v) is 18.2. The molecule has 2 atom stereocenters. The lowest BCUT2D eigenvalue weighted by molar-refractivity contribution is -0.141. The van der Waals surface area contributed by atoms with E-state index in [4.69, 9.17) is 4.74 Å². The first kappa shape index (κ1) is 23.3. The van der Waals surface area contributed by atoms with Gasteiger partial charge in [-0.1, -0.05) is 12.1 Å². The summed E-state index contributed by atoms with van der Waals surface area (Å²) >= 11 is 0. The summed E-state index contributed by atoms with van der Waals surface area (Å²) in [4.78, 5) is 11.9. The second kappa shape index (κ2) is 8.27. The molecule has 0 radical (unpaired) electrons. The Hall–Kier alpha value is -2.40. The fourth-order valence-corrected chi connectivity index (χ4v) is 5.53. The first-order chi connectivity index (χ1) is 14.4. The molecule has 7 nitrogen and oxygen atoms in total. The van der Waals surface area contributed by atoms with Crippen molar-refractivity contribution >= 4 is 15.7 Å². The number of halogens is 3. The van der Waals surface area contributed by atoms with Gasteiger partial charge in [-0.15, -0.1) is 0 Å². The molecule has 2 heterocycles. The zero-order valence-electron chi connectivity index (χ0n) is 17.4. The molecular formula is C20H24F3N3O4S. The lowest BCUT2D eigenvalue weighted by Crippen LogP contribution is -2.42. The molecule has 1 saturated heterocycles. The van der Waals surface area contributed by atoms with E-state index in [1.54, 1.807) is 32.0 Å². The zero-order chi connectivity index (χ0) is 23.0. The number of sulfone groups is 1. The topological polar surface area (TPSA) is 90.3 Å². The standard InChI is InChI=1S/C20H24F3N3O4S/c1-13-5-4-6-14(9-13)31(28,29)19(2)7-8-30-16(11-19)15-10-17(20(21,22)23)25-26(15)12-18(27)24-3/h4-6,9-10,16H,7-8,11-12H2,1-3H3,(H,24,27). The number of ether oxygens (including phenoxy) is 1. The van der Waals surface area contributed by atoms with Gasteiger partial charge in [0.25, 0.3) is 0 Å². The van der Waals surface area contributed by atoms with Crippen LogP contribution in [0.2, 0.25) is 0 Å². The lowest BCUT2D eigenvalue weighted by atomic mass is 9.94. The van der Waals surface area contributed by atoms with E-state index in [2.05, 4.69) is 10.4 Å². The van der Waals surface area contributed by atoms with Crippen LogP contribution in [0.1, 0.15) is 42.8 Å². The van der Waals surface area contributed by atoms with Crippen LogP contribution >= 0.6 is 0 Å². The third-order valence-corrected chi connectivity index (χ3v) is 8.06. The number of rotatable bonds is 5. The molecule has 1 N–H and O–H groups in total. The highest BCUT2D eigenvalue weighted by Gasteiger charge is 2.46. The number of likely N-dealkylation sites (N-methyl/N-ethyl adjacent to an activating group) is 1. The van der Waals surface area contributed by atoms with Crippen LogP contribution in [-0.2, 0) is 32.1 Å². The molecular weight excluding hydrogens is 435 g/mol. The number of nitrogens with one attached hydrogen (secondary N) is 1. The van der Waals surface area contributed by atoms with Crippen LogP contribution in [0.4, 0.5) is 13.2 Å². The molecule has 1 aromatic carbocycles. The normalized spacial score (nSPS) is 22.3. The second-order valence-corrected chi connectivity index (χ2v) is 10.3. The molecule has 2 unspecified atom stereocenters. The molecule has 0 spiro atoms. The van der Waals surface area contributed by atoms with Crippen molar-refractivity contribution in [2.24, 2.45) is 0 Å². The van der Waals surface area contributed by atoms with Crippen LogP contribution in [0.3, 0.4) is 0 Å². The Labute approximate surface area is 178 Å². The Morgan fingerprint density at radius 2 is 2.06 bits per heavy atom. The number of benzene rings is 1. The summed E-state index contributed by atoms with van der Waals surface area (Å²) in [5.74, 6) is -0.538. The third kappa shape index (κ3) is 4.62. The number of carbonyl (C=O) groups excluding carboxylic acids is 1. The molecule has 11 heteroatoms. The van der Waals surface area contributed by atoms with E-state index in [0.717, 1.165) is 16.3 Å². The van der Waals surface area contributed by atoms with E-state index >= 15 is 0 Å². The van der Waals surface area contributed by atoms with E-state index < -0.39 is 45.0 Å². The van der Waals surface area contributed by atoms with Crippen molar-refractivity contribution in [3.8, 4) is 0 Å². The van der Waals surface area contributed by atoms with Crippen LogP contribution in [0.25, 0.3) is 0 Å². The third-order valence-electron chi connectivity index (χ3n) is 5.52. The molecule has 170 valence electrons. The first-order valence-corrected chi connectivity index (χ1v) is 11.1. The number of aryl methyl sites for hydroxylation is 1. The van der Waals surface area contributed by atoms with Crippen molar-refractivity contribution in [1.29, 1.82) is 0 Å². The van der Waals surface area contributed by atoms with Gasteiger partial charge in [0, 0.05) is 13.7 Å². The van der Waals surface area contributed by atoms with Crippen molar-refractivity contribution < 1.29 is 31.1 Å². The minimum atomic E-state index is -4.71. The van der Waals surface area contributed by atoms with E-state index in [0.29, 0.717) is 0 Å². The summed E-state index contributed by atoms with van der Waals surface area (Å²) in [6.07, 6.45) is -5.56. The largest absolute Gasteiger partial charge is 0.435 e. The maximum Gasteiger partial charge on any atom is 0.435 e. The molecule has 31 heavy (non-hydrogen) atoms. The van der Waals surface area contributed by atoms with Crippen LogP contribution < -0.4 is 5.32 Å². The Bertz CT molecular complexity index is 1080. The molecule has 1 aromatic heterocycles. The minimum absolute atomic E-state index is 0.0151. The van der Waals surface area contributed by atoms with Crippen molar-refractivity contribution in [2.45, 2.75) is 55.2 Å². The van der Waals surface area contributed by atoms with E-state index in [1.165, 1.54) is 13.1 Å². The molecule has 1 aliphatic heterocycles. The molecule has 2 aromatic rings. The minimum Gasteiger partial charge on any atom is -0.372 e.